The summed E-state index contributed by atoms with van der Waals surface area (Å²) in [4.78, 5) is 0. The number of rotatable bonds is 6. The van der Waals surface area contributed by atoms with Gasteiger partial charge in [-0.3, -0.25) is 0 Å². The number of ether oxygens (including phenoxy) is 2. The van der Waals surface area contributed by atoms with Crippen LogP contribution in [0.15, 0.2) is 46.9 Å². The molecule has 21 heavy (non-hydrogen) atoms. The second-order valence-electron chi connectivity index (χ2n) is 5.16. The highest BCUT2D eigenvalue weighted by Gasteiger charge is 2.12. The summed E-state index contributed by atoms with van der Waals surface area (Å²) in [5.74, 6) is 2.06. The summed E-state index contributed by atoms with van der Waals surface area (Å²) in [6.07, 6.45) is 2.11. The largest absolute Gasteiger partial charge is 0.493 e. The third-order valence-electron chi connectivity index (χ3n) is 3.73. The second kappa shape index (κ2) is 7.51. The van der Waals surface area contributed by atoms with Crippen molar-refractivity contribution in [3.63, 3.8) is 0 Å². The maximum absolute atomic E-state index is 5.39. The van der Waals surface area contributed by atoms with Crippen molar-refractivity contribution >= 4 is 15.9 Å². The van der Waals surface area contributed by atoms with Crippen LogP contribution in [-0.2, 0) is 6.42 Å². The quantitative estimate of drug-likeness (QED) is 0.713. The number of methoxy groups -OCH3 is 2. The number of benzene rings is 2. The van der Waals surface area contributed by atoms with E-state index in [-0.39, 0.29) is 0 Å². The summed E-state index contributed by atoms with van der Waals surface area (Å²) in [5.41, 5.74) is 2.64. The zero-order chi connectivity index (χ0) is 15.2. The van der Waals surface area contributed by atoms with E-state index in [4.69, 9.17) is 9.47 Å². The van der Waals surface area contributed by atoms with Crippen LogP contribution in [0, 0.1) is 0 Å². The molecule has 0 saturated heterocycles. The Morgan fingerprint density at radius 3 is 2.38 bits per heavy atom. The molecule has 0 unspecified atom stereocenters. The monoisotopic (exact) mass is 348 g/mol. The molecule has 2 aromatic rings. The summed E-state index contributed by atoms with van der Waals surface area (Å²) in [6.45, 7) is 2.27. The summed E-state index contributed by atoms with van der Waals surface area (Å²) in [5, 5.41) is 0. The molecule has 0 N–H and O–H groups in total. The van der Waals surface area contributed by atoms with Gasteiger partial charge in [0.05, 0.1) is 18.7 Å². The third kappa shape index (κ3) is 4.01. The molecule has 0 saturated carbocycles. The van der Waals surface area contributed by atoms with Crippen molar-refractivity contribution in [1.82, 2.24) is 0 Å². The summed E-state index contributed by atoms with van der Waals surface area (Å²) in [6, 6.07) is 14.8. The molecule has 0 amide bonds. The normalized spacial score (nSPS) is 12.0. The minimum atomic E-state index is 0.540. The lowest BCUT2D eigenvalue weighted by atomic mass is 9.94. The number of hydrogen-bond acceptors (Lipinski definition) is 2. The predicted molar refractivity (Wildman–Crippen MR) is 90.4 cm³/mol. The Balaban J connectivity index is 2.08. The van der Waals surface area contributed by atoms with E-state index in [1.54, 1.807) is 14.2 Å². The Labute approximate surface area is 135 Å². The molecule has 0 radical (unpaired) electrons. The van der Waals surface area contributed by atoms with Gasteiger partial charge in [0.2, 0.25) is 0 Å². The van der Waals surface area contributed by atoms with Crippen LogP contribution >= 0.6 is 15.9 Å². The van der Waals surface area contributed by atoms with E-state index in [0.29, 0.717) is 5.92 Å². The van der Waals surface area contributed by atoms with Crippen LogP contribution in [0.25, 0.3) is 0 Å². The van der Waals surface area contributed by atoms with Crippen LogP contribution < -0.4 is 9.47 Å². The first kappa shape index (κ1) is 15.9. The average Bonchev–Trinajstić information content (AvgIpc) is 2.52. The van der Waals surface area contributed by atoms with Crippen molar-refractivity contribution in [3.05, 3.63) is 58.1 Å². The molecule has 0 aliphatic heterocycles. The highest BCUT2D eigenvalue weighted by Crippen LogP contribution is 2.37. The first-order valence-electron chi connectivity index (χ1n) is 7.11. The van der Waals surface area contributed by atoms with E-state index in [2.05, 4.69) is 65.3 Å². The lowest BCUT2D eigenvalue weighted by Crippen LogP contribution is -1.98. The summed E-state index contributed by atoms with van der Waals surface area (Å²) >= 11 is 3.55. The number of halogens is 1. The predicted octanol–water partition coefficient (Wildman–Crippen LogP) is 5.20. The van der Waals surface area contributed by atoms with Crippen molar-refractivity contribution < 1.29 is 9.47 Å². The van der Waals surface area contributed by atoms with Gasteiger partial charge in [-0.2, -0.15) is 0 Å². The maximum Gasteiger partial charge on any atom is 0.174 e. The Morgan fingerprint density at radius 2 is 1.76 bits per heavy atom. The lowest BCUT2D eigenvalue weighted by molar-refractivity contribution is 0.352. The van der Waals surface area contributed by atoms with Crippen molar-refractivity contribution in [2.75, 3.05) is 14.2 Å². The van der Waals surface area contributed by atoms with Gasteiger partial charge in [-0.25, -0.2) is 0 Å². The molecule has 0 bridgehead atoms. The summed E-state index contributed by atoms with van der Waals surface area (Å²) in [7, 11) is 3.32. The molecular formula is C18H21BrO2. The topological polar surface area (TPSA) is 18.5 Å². The Kier molecular flexibility index (Phi) is 5.68. The van der Waals surface area contributed by atoms with E-state index >= 15 is 0 Å². The smallest absolute Gasteiger partial charge is 0.174 e. The molecule has 0 aliphatic rings. The molecule has 2 rings (SSSR count). The van der Waals surface area contributed by atoms with E-state index in [9.17, 15) is 0 Å². The van der Waals surface area contributed by atoms with E-state index in [0.717, 1.165) is 28.8 Å². The molecular weight excluding hydrogens is 328 g/mol. The SMILES string of the molecule is COc1cc(CC[C@H](C)c2ccccc2)cc(Br)c1OC. The van der Waals surface area contributed by atoms with E-state index in [1.165, 1.54) is 11.1 Å². The molecule has 0 spiro atoms. The van der Waals surface area contributed by atoms with Crippen LogP contribution in [0.4, 0.5) is 0 Å². The van der Waals surface area contributed by atoms with Crippen LogP contribution in [0.1, 0.15) is 30.4 Å². The van der Waals surface area contributed by atoms with Crippen molar-refractivity contribution in [1.29, 1.82) is 0 Å². The minimum absolute atomic E-state index is 0.540. The van der Waals surface area contributed by atoms with Gasteiger partial charge in [0.15, 0.2) is 11.5 Å². The molecule has 1 atom stereocenters. The fourth-order valence-electron chi connectivity index (χ4n) is 2.45. The highest BCUT2D eigenvalue weighted by molar-refractivity contribution is 9.10. The van der Waals surface area contributed by atoms with Gasteiger partial charge >= 0.3 is 0 Å². The van der Waals surface area contributed by atoms with Crippen LogP contribution in [0.3, 0.4) is 0 Å². The first-order chi connectivity index (χ1) is 10.2. The Hall–Kier alpha value is -1.48. The van der Waals surface area contributed by atoms with Gasteiger partial charge in [-0.15, -0.1) is 0 Å². The van der Waals surface area contributed by atoms with Gasteiger partial charge in [-0.1, -0.05) is 37.3 Å². The van der Waals surface area contributed by atoms with Crippen molar-refractivity contribution in [2.24, 2.45) is 0 Å². The molecule has 3 heteroatoms. The molecule has 112 valence electrons. The first-order valence-corrected chi connectivity index (χ1v) is 7.90. The van der Waals surface area contributed by atoms with E-state index < -0.39 is 0 Å². The van der Waals surface area contributed by atoms with Gasteiger partial charge in [-0.05, 0) is 57.9 Å². The Morgan fingerprint density at radius 1 is 1.05 bits per heavy atom. The fraction of sp³-hybridized carbons (Fsp3) is 0.333. The van der Waals surface area contributed by atoms with Crippen LogP contribution in [0.5, 0.6) is 11.5 Å². The average molecular weight is 349 g/mol. The summed E-state index contributed by atoms with van der Waals surface area (Å²) < 4.78 is 11.7. The van der Waals surface area contributed by atoms with Crippen LogP contribution in [0.2, 0.25) is 0 Å². The van der Waals surface area contributed by atoms with Gasteiger partial charge in [0.1, 0.15) is 0 Å². The zero-order valence-electron chi connectivity index (χ0n) is 12.7. The molecule has 2 aromatic carbocycles. The Bertz CT molecular complexity index is 581. The molecule has 2 nitrogen and oxygen atoms in total. The minimum Gasteiger partial charge on any atom is -0.493 e. The van der Waals surface area contributed by atoms with Crippen molar-refractivity contribution in [2.45, 2.75) is 25.7 Å². The van der Waals surface area contributed by atoms with E-state index in [1.807, 2.05) is 0 Å². The highest BCUT2D eigenvalue weighted by atomic mass is 79.9. The second-order valence-corrected chi connectivity index (χ2v) is 6.02. The fourth-order valence-corrected chi connectivity index (χ4v) is 3.10. The molecule has 0 aromatic heterocycles. The van der Waals surface area contributed by atoms with Gasteiger partial charge in [0.25, 0.3) is 0 Å². The van der Waals surface area contributed by atoms with Gasteiger partial charge in [0, 0.05) is 0 Å². The molecule has 0 aliphatic carbocycles. The zero-order valence-corrected chi connectivity index (χ0v) is 14.3. The van der Waals surface area contributed by atoms with Gasteiger partial charge < -0.3 is 9.47 Å². The van der Waals surface area contributed by atoms with Crippen LogP contribution in [-0.4, -0.2) is 14.2 Å². The number of aryl methyl sites for hydroxylation is 1. The molecule has 0 heterocycles. The number of hydrogen-bond donors (Lipinski definition) is 0. The van der Waals surface area contributed by atoms with Crippen molar-refractivity contribution in [3.8, 4) is 11.5 Å². The maximum atomic E-state index is 5.39. The third-order valence-corrected chi connectivity index (χ3v) is 4.32. The standard InChI is InChI=1S/C18H21BrO2/c1-13(15-7-5-4-6-8-15)9-10-14-11-16(19)18(21-3)17(12-14)20-2/h4-8,11-13H,9-10H2,1-3H3/t13-/m0/s1. The molecule has 0 fully saturated rings. The lowest BCUT2D eigenvalue weighted by Gasteiger charge is -2.14.